The summed E-state index contributed by atoms with van der Waals surface area (Å²) in [5.41, 5.74) is 4.07. The van der Waals surface area contributed by atoms with Crippen LogP contribution >= 0.6 is 0 Å². The molecule has 41 heavy (non-hydrogen) atoms. The van der Waals surface area contributed by atoms with Crippen LogP contribution in [-0.2, 0) is 6.54 Å². The number of aromatic nitrogens is 3. The first-order chi connectivity index (χ1) is 19.9. The number of amides is 1. The minimum atomic E-state index is -1.02. The van der Waals surface area contributed by atoms with E-state index in [0.29, 0.717) is 34.3 Å². The van der Waals surface area contributed by atoms with Crippen LogP contribution in [0.3, 0.4) is 0 Å². The number of nitrogens with zero attached hydrogens (tertiary/aromatic N) is 3. The van der Waals surface area contributed by atoms with Crippen LogP contribution in [0.25, 0.3) is 32.9 Å². The quantitative estimate of drug-likeness (QED) is 0.235. The van der Waals surface area contributed by atoms with E-state index in [1.807, 2.05) is 43.3 Å². The lowest BCUT2D eigenvalue weighted by Gasteiger charge is -2.16. The molecule has 5 aromatic carbocycles. The maximum absolute atomic E-state index is 14.8. The van der Waals surface area contributed by atoms with Crippen molar-refractivity contribution in [2.24, 2.45) is 0 Å². The number of carboxylic acid groups (broad SMARTS) is 1. The minimum Gasteiger partial charge on any atom is -0.478 e. The number of fused-ring (bicyclic) bond motifs is 2. The van der Waals surface area contributed by atoms with E-state index in [-0.39, 0.29) is 11.5 Å². The van der Waals surface area contributed by atoms with Crippen LogP contribution < -0.4 is 5.32 Å². The van der Waals surface area contributed by atoms with Crippen molar-refractivity contribution in [3.63, 3.8) is 0 Å². The predicted molar refractivity (Wildman–Crippen MR) is 155 cm³/mol. The SMILES string of the molecule is C[C@H](NC(=O)c1cc(-c2ccccc2F)cc2nnn(Cc3ccc4ccccc4c3)c12)c1ccc(C(=O)O)cc1. The van der Waals surface area contributed by atoms with Crippen LogP contribution in [0.15, 0.2) is 103 Å². The lowest BCUT2D eigenvalue weighted by Crippen LogP contribution is -2.27. The number of hydrogen-bond donors (Lipinski definition) is 2. The van der Waals surface area contributed by atoms with Gasteiger partial charge < -0.3 is 10.4 Å². The van der Waals surface area contributed by atoms with Crippen LogP contribution in [0.2, 0.25) is 0 Å². The van der Waals surface area contributed by atoms with Crippen molar-refractivity contribution in [3.05, 3.63) is 131 Å². The molecular weight excluding hydrogens is 519 g/mol. The number of aromatic carboxylic acids is 1. The fourth-order valence-electron chi connectivity index (χ4n) is 5.03. The lowest BCUT2D eigenvalue weighted by atomic mass is 9.99. The maximum atomic E-state index is 14.8. The van der Waals surface area contributed by atoms with E-state index in [9.17, 15) is 19.1 Å². The van der Waals surface area contributed by atoms with Crippen molar-refractivity contribution in [2.45, 2.75) is 19.5 Å². The number of carbonyl (C=O) groups excluding carboxylic acids is 1. The average Bonchev–Trinajstić information content (AvgIpc) is 3.39. The smallest absolute Gasteiger partial charge is 0.335 e. The highest BCUT2D eigenvalue weighted by molar-refractivity contribution is 6.06. The topological polar surface area (TPSA) is 97.1 Å². The van der Waals surface area contributed by atoms with Crippen molar-refractivity contribution in [1.29, 1.82) is 0 Å². The van der Waals surface area contributed by atoms with Crippen LogP contribution in [0, 0.1) is 5.82 Å². The zero-order valence-corrected chi connectivity index (χ0v) is 22.1. The molecule has 2 N–H and O–H groups in total. The summed E-state index contributed by atoms with van der Waals surface area (Å²) >= 11 is 0. The van der Waals surface area contributed by atoms with E-state index in [1.165, 1.54) is 18.2 Å². The predicted octanol–water partition coefficient (Wildman–Crippen LogP) is 6.63. The zero-order chi connectivity index (χ0) is 28.5. The summed E-state index contributed by atoms with van der Waals surface area (Å²) in [6.45, 7) is 2.20. The summed E-state index contributed by atoms with van der Waals surface area (Å²) in [5.74, 6) is -1.81. The van der Waals surface area contributed by atoms with Gasteiger partial charge in [-0.05, 0) is 70.8 Å². The monoisotopic (exact) mass is 544 g/mol. The Morgan fingerprint density at radius 2 is 1.63 bits per heavy atom. The summed E-state index contributed by atoms with van der Waals surface area (Å²) in [7, 11) is 0. The molecule has 0 bridgehead atoms. The summed E-state index contributed by atoms with van der Waals surface area (Å²) in [6.07, 6.45) is 0. The third-order valence-electron chi connectivity index (χ3n) is 7.19. The van der Waals surface area contributed by atoms with Crippen LogP contribution in [0.4, 0.5) is 4.39 Å². The molecule has 0 saturated carbocycles. The van der Waals surface area contributed by atoms with Gasteiger partial charge in [-0.25, -0.2) is 13.9 Å². The molecule has 0 saturated heterocycles. The normalized spacial score (nSPS) is 12.0. The molecule has 8 heteroatoms. The summed E-state index contributed by atoms with van der Waals surface area (Å²) in [5, 5.41) is 23.1. The molecule has 0 aliphatic heterocycles. The Balaban J connectivity index is 1.41. The van der Waals surface area contributed by atoms with Gasteiger partial charge in [-0.1, -0.05) is 71.9 Å². The molecule has 0 spiro atoms. The van der Waals surface area contributed by atoms with Crippen molar-refractivity contribution in [3.8, 4) is 11.1 Å². The number of rotatable bonds is 7. The Morgan fingerprint density at radius 1 is 0.902 bits per heavy atom. The van der Waals surface area contributed by atoms with Gasteiger partial charge in [-0.3, -0.25) is 4.79 Å². The van der Waals surface area contributed by atoms with E-state index in [0.717, 1.165) is 21.9 Å². The number of carbonyl (C=O) groups is 2. The van der Waals surface area contributed by atoms with Gasteiger partial charge in [0.05, 0.1) is 23.7 Å². The highest BCUT2D eigenvalue weighted by Gasteiger charge is 2.21. The molecule has 1 heterocycles. The number of nitrogens with one attached hydrogen (secondary N) is 1. The molecule has 6 aromatic rings. The second-order valence-corrected chi connectivity index (χ2v) is 9.92. The van der Waals surface area contributed by atoms with Crippen molar-refractivity contribution < 1.29 is 19.1 Å². The number of benzene rings is 5. The van der Waals surface area contributed by atoms with Gasteiger partial charge in [0, 0.05) is 5.56 Å². The molecule has 1 aromatic heterocycles. The number of hydrogen-bond acceptors (Lipinski definition) is 4. The van der Waals surface area contributed by atoms with Gasteiger partial charge in [0.25, 0.3) is 5.91 Å². The maximum Gasteiger partial charge on any atom is 0.335 e. The van der Waals surface area contributed by atoms with Crippen molar-refractivity contribution in [1.82, 2.24) is 20.3 Å². The van der Waals surface area contributed by atoms with Gasteiger partial charge in [-0.2, -0.15) is 0 Å². The average molecular weight is 545 g/mol. The van der Waals surface area contributed by atoms with E-state index >= 15 is 0 Å². The standard InChI is InChI=1S/C33H25FN4O3/c1-20(22-12-14-24(15-13-22)33(40)41)35-32(39)28-17-26(27-8-4-5-9-29(27)34)18-30-31(28)38(37-36-30)19-21-10-11-23-6-2-3-7-25(23)16-21/h2-18,20H,19H2,1H3,(H,35,39)(H,40,41)/t20-/m0/s1. The van der Waals surface area contributed by atoms with Gasteiger partial charge in [0.15, 0.2) is 0 Å². The molecule has 1 atom stereocenters. The fraction of sp³-hybridized carbons (Fsp3) is 0.0909. The Bertz CT molecular complexity index is 1930. The van der Waals surface area contributed by atoms with E-state index < -0.39 is 17.8 Å². The molecule has 202 valence electrons. The van der Waals surface area contributed by atoms with Crippen molar-refractivity contribution >= 4 is 33.7 Å². The summed E-state index contributed by atoms with van der Waals surface area (Å²) in [6, 6.07) is 29.9. The van der Waals surface area contributed by atoms with Crippen molar-refractivity contribution in [2.75, 3.05) is 0 Å². The minimum absolute atomic E-state index is 0.162. The third-order valence-corrected chi connectivity index (χ3v) is 7.19. The molecule has 7 nitrogen and oxygen atoms in total. The highest BCUT2D eigenvalue weighted by atomic mass is 19.1. The zero-order valence-electron chi connectivity index (χ0n) is 22.1. The molecule has 6 rings (SSSR count). The number of carboxylic acids is 1. The molecule has 0 fully saturated rings. The molecular formula is C33H25FN4O3. The van der Waals surface area contributed by atoms with Gasteiger partial charge >= 0.3 is 5.97 Å². The Hall–Kier alpha value is -5.37. The van der Waals surface area contributed by atoms with Crippen LogP contribution in [0.5, 0.6) is 0 Å². The first-order valence-electron chi connectivity index (χ1n) is 13.1. The van der Waals surface area contributed by atoms with Gasteiger partial charge in [0.2, 0.25) is 0 Å². The molecule has 0 radical (unpaired) electrons. The summed E-state index contributed by atoms with van der Waals surface area (Å²) in [4.78, 5) is 25.0. The summed E-state index contributed by atoms with van der Waals surface area (Å²) < 4.78 is 16.5. The Kier molecular flexibility index (Phi) is 6.73. The van der Waals surface area contributed by atoms with E-state index in [2.05, 4.69) is 21.7 Å². The lowest BCUT2D eigenvalue weighted by molar-refractivity contribution is 0.0696. The van der Waals surface area contributed by atoms with E-state index in [1.54, 1.807) is 47.1 Å². The largest absolute Gasteiger partial charge is 0.478 e. The van der Waals surface area contributed by atoms with Gasteiger partial charge in [0.1, 0.15) is 16.9 Å². The first kappa shape index (κ1) is 25.9. The Morgan fingerprint density at radius 3 is 2.39 bits per heavy atom. The van der Waals surface area contributed by atoms with Crippen LogP contribution in [0.1, 0.15) is 44.8 Å². The second-order valence-electron chi connectivity index (χ2n) is 9.92. The number of halogens is 1. The molecule has 0 aliphatic carbocycles. The fourth-order valence-corrected chi connectivity index (χ4v) is 5.03. The van der Waals surface area contributed by atoms with Gasteiger partial charge in [-0.15, -0.1) is 5.10 Å². The Labute approximate surface area is 234 Å². The third kappa shape index (κ3) is 5.15. The highest BCUT2D eigenvalue weighted by Crippen LogP contribution is 2.30. The van der Waals surface area contributed by atoms with E-state index in [4.69, 9.17) is 0 Å². The first-order valence-corrected chi connectivity index (χ1v) is 13.1. The van der Waals surface area contributed by atoms with Crippen LogP contribution in [-0.4, -0.2) is 32.0 Å². The molecule has 0 unspecified atom stereocenters. The molecule has 0 aliphatic rings. The molecule has 1 amide bonds. The second kappa shape index (κ2) is 10.7.